The molecule has 1 amide bonds. The highest BCUT2D eigenvalue weighted by molar-refractivity contribution is 7.16. The van der Waals surface area contributed by atoms with Crippen molar-refractivity contribution in [1.82, 2.24) is 24.8 Å². The van der Waals surface area contributed by atoms with Crippen LogP contribution in [0, 0.1) is 6.92 Å². The summed E-state index contributed by atoms with van der Waals surface area (Å²) in [6.07, 6.45) is 9.10. The molecule has 0 aliphatic rings. The molecular weight excluding hydrogens is 358 g/mol. The highest BCUT2D eigenvalue weighted by Crippen LogP contribution is 2.22. The number of pyridine rings is 2. The zero-order valence-corrected chi connectivity index (χ0v) is 15.5. The van der Waals surface area contributed by atoms with E-state index in [-0.39, 0.29) is 5.91 Å². The molecule has 0 aliphatic carbocycles. The van der Waals surface area contributed by atoms with Crippen LogP contribution in [-0.4, -0.2) is 25.4 Å². The minimum Gasteiger partial charge on any atom is -0.347 e. The van der Waals surface area contributed by atoms with Gasteiger partial charge < -0.3 is 9.88 Å². The van der Waals surface area contributed by atoms with E-state index in [9.17, 15) is 4.79 Å². The van der Waals surface area contributed by atoms with Crippen LogP contribution >= 0.6 is 11.3 Å². The van der Waals surface area contributed by atoms with Crippen molar-refractivity contribution in [3.05, 3.63) is 83.5 Å². The van der Waals surface area contributed by atoms with Crippen LogP contribution in [0.2, 0.25) is 0 Å². The topological polar surface area (TPSA) is 72.7 Å². The highest BCUT2D eigenvalue weighted by Gasteiger charge is 2.15. The lowest BCUT2D eigenvalue weighted by Gasteiger charge is -2.05. The first-order valence-corrected chi connectivity index (χ1v) is 9.26. The first-order chi connectivity index (χ1) is 13.2. The van der Waals surface area contributed by atoms with E-state index in [1.165, 1.54) is 11.3 Å². The Balaban J connectivity index is 1.42. The number of aryl methyl sites for hydroxylation is 1. The van der Waals surface area contributed by atoms with E-state index >= 15 is 0 Å². The molecule has 27 heavy (non-hydrogen) atoms. The van der Waals surface area contributed by atoms with Crippen molar-refractivity contribution in [2.24, 2.45) is 0 Å². The fraction of sp³-hybridized carbons (Fsp3) is 0.100. The van der Waals surface area contributed by atoms with E-state index in [2.05, 4.69) is 20.3 Å². The summed E-state index contributed by atoms with van der Waals surface area (Å²) < 4.78 is 1.90. The molecule has 0 fully saturated rings. The molecule has 0 unspecified atom stereocenters. The van der Waals surface area contributed by atoms with E-state index in [1.54, 1.807) is 18.6 Å². The van der Waals surface area contributed by atoms with Gasteiger partial charge in [0, 0.05) is 43.1 Å². The minimum absolute atomic E-state index is 0.125. The van der Waals surface area contributed by atoms with Crippen LogP contribution in [0.15, 0.2) is 67.4 Å². The number of hydrogen-bond donors (Lipinski definition) is 1. The number of amides is 1. The van der Waals surface area contributed by atoms with Crippen LogP contribution in [0.25, 0.3) is 16.4 Å². The fourth-order valence-corrected chi connectivity index (χ4v) is 3.59. The van der Waals surface area contributed by atoms with Crippen molar-refractivity contribution in [3.8, 4) is 16.4 Å². The van der Waals surface area contributed by atoms with E-state index in [0.717, 1.165) is 27.6 Å². The Morgan fingerprint density at radius 1 is 1.15 bits per heavy atom. The fourth-order valence-electron chi connectivity index (χ4n) is 2.64. The van der Waals surface area contributed by atoms with Crippen LogP contribution in [0.4, 0.5) is 0 Å². The Labute approximate surface area is 160 Å². The zero-order chi connectivity index (χ0) is 18.6. The van der Waals surface area contributed by atoms with Gasteiger partial charge in [0.05, 0.1) is 11.4 Å². The van der Waals surface area contributed by atoms with Crippen LogP contribution in [-0.2, 0) is 6.54 Å². The molecule has 0 saturated carbocycles. The number of aromatic nitrogens is 4. The summed E-state index contributed by atoms with van der Waals surface area (Å²) in [7, 11) is 0. The first kappa shape index (κ1) is 17.1. The molecule has 1 N–H and O–H groups in total. The molecule has 6 nitrogen and oxygen atoms in total. The van der Waals surface area contributed by atoms with Gasteiger partial charge in [-0.15, -0.1) is 0 Å². The minimum atomic E-state index is -0.125. The van der Waals surface area contributed by atoms with Crippen molar-refractivity contribution < 1.29 is 4.79 Å². The van der Waals surface area contributed by atoms with Gasteiger partial charge in [-0.2, -0.15) is 0 Å². The number of carbonyl (C=O) groups excluding carboxylic acids is 1. The van der Waals surface area contributed by atoms with Crippen molar-refractivity contribution in [1.29, 1.82) is 0 Å². The molecule has 4 aromatic heterocycles. The summed E-state index contributed by atoms with van der Waals surface area (Å²) >= 11 is 1.38. The second-order valence-corrected chi connectivity index (χ2v) is 6.95. The van der Waals surface area contributed by atoms with E-state index in [1.807, 2.05) is 60.3 Å². The molecule has 4 rings (SSSR count). The van der Waals surface area contributed by atoms with E-state index in [4.69, 9.17) is 0 Å². The molecule has 0 saturated heterocycles. The van der Waals surface area contributed by atoms with Gasteiger partial charge in [-0.25, -0.2) is 4.98 Å². The number of nitrogens with zero attached hydrogens (tertiary/aromatic N) is 4. The molecule has 0 bridgehead atoms. The Hall–Kier alpha value is -3.32. The lowest BCUT2D eigenvalue weighted by atomic mass is 10.1. The quantitative estimate of drug-likeness (QED) is 0.578. The van der Waals surface area contributed by atoms with Gasteiger partial charge in [-0.1, -0.05) is 17.4 Å². The van der Waals surface area contributed by atoms with Gasteiger partial charge in [-0.3, -0.25) is 14.8 Å². The highest BCUT2D eigenvalue weighted by atomic mass is 32.1. The SMILES string of the molecule is Cc1nc(-n2cccc2)sc1C(=O)NCc1ccc(-c2cccnc2)nc1. The maximum absolute atomic E-state index is 12.5. The third kappa shape index (κ3) is 3.78. The van der Waals surface area contributed by atoms with Gasteiger partial charge in [0.25, 0.3) is 5.91 Å². The second kappa shape index (κ2) is 7.51. The molecule has 0 aromatic carbocycles. The van der Waals surface area contributed by atoms with E-state index < -0.39 is 0 Å². The number of nitrogens with one attached hydrogen (secondary N) is 1. The number of rotatable bonds is 5. The van der Waals surface area contributed by atoms with Crippen molar-refractivity contribution in [2.45, 2.75) is 13.5 Å². The summed E-state index contributed by atoms with van der Waals surface area (Å²) in [5, 5.41) is 3.73. The van der Waals surface area contributed by atoms with Gasteiger partial charge >= 0.3 is 0 Å². The standard InChI is InChI=1S/C20H17N5OS/c1-14-18(27-20(24-14)25-9-2-3-10-25)19(26)23-12-15-6-7-17(22-11-15)16-5-4-8-21-13-16/h2-11,13H,12H2,1H3,(H,23,26). The summed E-state index contributed by atoms with van der Waals surface area (Å²) in [5.74, 6) is -0.125. The second-order valence-electron chi connectivity index (χ2n) is 5.98. The van der Waals surface area contributed by atoms with Gasteiger partial charge in [-0.05, 0) is 42.8 Å². The predicted molar refractivity (Wildman–Crippen MR) is 105 cm³/mol. The van der Waals surface area contributed by atoms with E-state index in [0.29, 0.717) is 11.4 Å². The lowest BCUT2D eigenvalue weighted by molar-refractivity contribution is 0.0954. The summed E-state index contributed by atoms with van der Waals surface area (Å²) in [6.45, 7) is 2.26. The van der Waals surface area contributed by atoms with Crippen LogP contribution in [0.1, 0.15) is 20.9 Å². The Morgan fingerprint density at radius 2 is 2.00 bits per heavy atom. The summed E-state index contributed by atoms with van der Waals surface area (Å²) in [6, 6.07) is 11.6. The average molecular weight is 375 g/mol. The van der Waals surface area contributed by atoms with Gasteiger partial charge in [0.2, 0.25) is 0 Å². The maximum Gasteiger partial charge on any atom is 0.263 e. The normalized spacial score (nSPS) is 10.7. The Kier molecular flexibility index (Phi) is 4.76. The summed E-state index contributed by atoms with van der Waals surface area (Å²) in [4.78, 5) is 26.2. The monoisotopic (exact) mass is 375 g/mol. The molecule has 4 aromatic rings. The number of hydrogen-bond acceptors (Lipinski definition) is 5. The maximum atomic E-state index is 12.5. The van der Waals surface area contributed by atoms with Crippen LogP contribution in [0.5, 0.6) is 0 Å². The summed E-state index contributed by atoms with van der Waals surface area (Å²) in [5.41, 5.74) is 3.48. The molecular formula is C20H17N5OS. The Bertz CT molecular complexity index is 1040. The molecule has 4 heterocycles. The van der Waals surface area contributed by atoms with Crippen molar-refractivity contribution >= 4 is 17.2 Å². The lowest BCUT2D eigenvalue weighted by Crippen LogP contribution is -2.22. The predicted octanol–water partition coefficient (Wildman–Crippen LogP) is 3.63. The van der Waals surface area contributed by atoms with Gasteiger partial charge in [0.15, 0.2) is 5.13 Å². The Morgan fingerprint density at radius 3 is 2.70 bits per heavy atom. The molecule has 7 heteroatoms. The molecule has 0 radical (unpaired) electrons. The largest absolute Gasteiger partial charge is 0.347 e. The van der Waals surface area contributed by atoms with Crippen molar-refractivity contribution in [2.75, 3.05) is 0 Å². The molecule has 134 valence electrons. The molecule has 0 spiro atoms. The zero-order valence-electron chi connectivity index (χ0n) is 14.7. The molecule has 0 atom stereocenters. The number of carbonyl (C=O) groups is 1. The van der Waals surface area contributed by atoms with Crippen LogP contribution in [0.3, 0.4) is 0 Å². The molecule has 0 aliphatic heterocycles. The van der Waals surface area contributed by atoms with Gasteiger partial charge in [0.1, 0.15) is 4.88 Å². The average Bonchev–Trinajstić information content (AvgIpc) is 3.37. The first-order valence-electron chi connectivity index (χ1n) is 8.45. The third-order valence-electron chi connectivity index (χ3n) is 4.05. The van der Waals surface area contributed by atoms with Crippen molar-refractivity contribution in [3.63, 3.8) is 0 Å². The smallest absolute Gasteiger partial charge is 0.263 e. The van der Waals surface area contributed by atoms with Crippen LogP contribution < -0.4 is 5.32 Å². The number of thiazole rings is 1. The third-order valence-corrected chi connectivity index (χ3v) is 5.22.